The van der Waals surface area contributed by atoms with Gasteiger partial charge in [0.1, 0.15) is 5.60 Å². The number of ketones is 1. The Kier molecular flexibility index (Phi) is 4.47. The van der Waals surface area contributed by atoms with Crippen molar-refractivity contribution in [2.75, 3.05) is 7.11 Å². The summed E-state index contributed by atoms with van der Waals surface area (Å²) in [7, 11) is 1.60. The summed E-state index contributed by atoms with van der Waals surface area (Å²) < 4.78 is 5.33. The quantitative estimate of drug-likeness (QED) is 0.782. The van der Waals surface area contributed by atoms with Crippen molar-refractivity contribution in [1.82, 2.24) is 0 Å². The van der Waals surface area contributed by atoms with E-state index >= 15 is 0 Å². The van der Waals surface area contributed by atoms with E-state index in [1.807, 2.05) is 19.9 Å². The third-order valence-electron chi connectivity index (χ3n) is 3.65. The summed E-state index contributed by atoms with van der Waals surface area (Å²) in [5, 5.41) is 0. The fourth-order valence-electron chi connectivity index (χ4n) is 1.74. The summed E-state index contributed by atoms with van der Waals surface area (Å²) in [4.78, 5) is 12.2. The highest BCUT2D eigenvalue weighted by Gasteiger charge is 2.30. The Morgan fingerprint density at radius 2 is 1.94 bits per heavy atom. The Hall–Kier alpha value is -1.15. The molecule has 1 atom stereocenters. The van der Waals surface area contributed by atoms with Crippen LogP contribution in [0.2, 0.25) is 0 Å². The summed E-state index contributed by atoms with van der Waals surface area (Å²) in [5.41, 5.74) is 2.89. The van der Waals surface area contributed by atoms with Crippen LogP contribution in [0.15, 0.2) is 18.2 Å². The Bertz CT molecular complexity index is 403. The molecule has 0 aromatic heterocycles. The SMILES string of the molecule is CCC(C)(OC)C(=O)Cc1ccc(C)c(C)c1. The van der Waals surface area contributed by atoms with Gasteiger partial charge in [-0.1, -0.05) is 25.1 Å². The maximum absolute atomic E-state index is 12.2. The average Bonchev–Trinajstić information content (AvgIpc) is 2.32. The second-order valence-electron chi connectivity index (χ2n) is 4.81. The van der Waals surface area contributed by atoms with E-state index in [1.165, 1.54) is 11.1 Å². The van der Waals surface area contributed by atoms with E-state index in [2.05, 4.69) is 26.0 Å². The molecule has 0 radical (unpaired) electrons. The van der Waals surface area contributed by atoms with E-state index in [4.69, 9.17) is 4.74 Å². The fraction of sp³-hybridized carbons (Fsp3) is 0.533. The van der Waals surface area contributed by atoms with Crippen LogP contribution in [-0.4, -0.2) is 18.5 Å². The van der Waals surface area contributed by atoms with Crippen molar-refractivity contribution in [1.29, 1.82) is 0 Å². The number of Topliss-reactive ketones (excluding diaryl/α,β-unsaturated/α-hetero) is 1. The van der Waals surface area contributed by atoms with Crippen LogP contribution in [0.3, 0.4) is 0 Å². The second-order valence-corrected chi connectivity index (χ2v) is 4.81. The summed E-state index contributed by atoms with van der Waals surface area (Å²) in [6, 6.07) is 6.17. The Morgan fingerprint density at radius 1 is 1.29 bits per heavy atom. The van der Waals surface area contributed by atoms with Gasteiger partial charge in [0.05, 0.1) is 0 Å². The number of hydrogen-bond acceptors (Lipinski definition) is 2. The highest BCUT2D eigenvalue weighted by Crippen LogP contribution is 2.19. The van der Waals surface area contributed by atoms with Gasteiger partial charge in [-0.25, -0.2) is 0 Å². The first kappa shape index (κ1) is 13.9. The first-order valence-electron chi connectivity index (χ1n) is 6.07. The highest BCUT2D eigenvalue weighted by atomic mass is 16.5. The molecule has 0 aliphatic rings. The molecule has 2 nitrogen and oxygen atoms in total. The van der Waals surface area contributed by atoms with Crippen molar-refractivity contribution in [2.24, 2.45) is 0 Å². The summed E-state index contributed by atoms with van der Waals surface area (Å²) in [6.07, 6.45) is 1.15. The van der Waals surface area contributed by atoms with Crippen molar-refractivity contribution >= 4 is 5.78 Å². The summed E-state index contributed by atoms with van der Waals surface area (Å²) >= 11 is 0. The number of methoxy groups -OCH3 is 1. The standard InChI is InChI=1S/C15H22O2/c1-6-15(4,17-5)14(16)10-13-8-7-11(2)12(3)9-13/h7-9H,6,10H2,1-5H3. The van der Waals surface area contributed by atoms with Crippen LogP contribution >= 0.6 is 0 Å². The van der Waals surface area contributed by atoms with Gasteiger partial charge in [-0.05, 0) is 43.9 Å². The van der Waals surface area contributed by atoms with Gasteiger partial charge < -0.3 is 4.74 Å². The average molecular weight is 234 g/mol. The number of rotatable bonds is 5. The predicted octanol–water partition coefficient (Wildman–Crippen LogP) is 3.23. The summed E-state index contributed by atoms with van der Waals surface area (Å²) in [6.45, 7) is 7.98. The van der Waals surface area contributed by atoms with Crippen LogP contribution in [-0.2, 0) is 16.0 Å². The Balaban J connectivity index is 2.84. The Labute approximate surface area is 104 Å². The molecule has 0 heterocycles. The third-order valence-corrected chi connectivity index (χ3v) is 3.65. The zero-order valence-electron chi connectivity index (χ0n) is 11.5. The van der Waals surface area contributed by atoms with Crippen molar-refractivity contribution < 1.29 is 9.53 Å². The summed E-state index contributed by atoms with van der Waals surface area (Å²) in [5.74, 6) is 0.144. The fourth-order valence-corrected chi connectivity index (χ4v) is 1.74. The highest BCUT2D eigenvalue weighted by molar-refractivity contribution is 5.88. The molecular weight excluding hydrogens is 212 g/mol. The number of benzene rings is 1. The zero-order chi connectivity index (χ0) is 13.1. The molecule has 2 heteroatoms. The van der Waals surface area contributed by atoms with E-state index < -0.39 is 5.60 Å². The van der Waals surface area contributed by atoms with Gasteiger partial charge in [0.25, 0.3) is 0 Å². The minimum atomic E-state index is -0.654. The first-order valence-corrected chi connectivity index (χ1v) is 6.07. The molecule has 0 spiro atoms. The van der Waals surface area contributed by atoms with Crippen LogP contribution in [0.1, 0.15) is 37.0 Å². The molecule has 1 rings (SSSR count). The molecule has 0 aliphatic heterocycles. The molecule has 94 valence electrons. The van der Waals surface area contributed by atoms with Crippen LogP contribution in [0, 0.1) is 13.8 Å². The number of carbonyl (C=O) groups excluding carboxylic acids is 1. The van der Waals surface area contributed by atoms with Gasteiger partial charge in [-0.3, -0.25) is 4.79 Å². The van der Waals surface area contributed by atoms with Gasteiger partial charge >= 0.3 is 0 Å². The van der Waals surface area contributed by atoms with Gasteiger partial charge in [-0.15, -0.1) is 0 Å². The van der Waals surface area contributed by atoms with E-state index in [0.29, 0.717) is 12.8 Å². The third kappa shape index (κ3) is 3.16. The smallest absolute Gasteiger partial charge is 0.168 e. The molecule has 1 unspecified atom stereocenters. The van der Waals surface area contributed by atoms with Crippen molar-refractivity contribution in [3.8, 4) is 0 Å². The normalized spacial score (nSPS) is 14.4. The van der Waals surface area contributed by atoms with E-state index in [9.17, 15) is 4.79 Å². The molecule has 0 amide bonds. The van der Waals surface area contributed by atoms with Crippen molar-refractivity contribution in [3.63, 3.8) is 0 Å². The number of carbonyl (C=O) groups is 1. The number of hydrogen-bond donors (Lipinski definition) is 0. The molecule has 0 bridgehead atoms. The van der Waals surface area contributed by atoms with Gasteiger partial charge in [0.15, 0.2) is 5.78 Å². The lowest BCUT2D eigenvalue weighted by Gasteiger charge is -2.25. The molecule has 1 aromatic rings. The second kappa shape index (κ2) is 5.46. The predicted molar refractivity (Wildman–Crippen MR) is 70.3 cm³/mol. The first-order chi connectivity index (χ1) is 7.92. The van der Waals surface area contributed by atoms with E-state index in [1.54, 1.807) is 7.11 Å². The largest absolute Gasteiger partial charge is 0.371 e. The number of ether oxygens (including phenoxy) is 1. The number of aryl methyl sites for hydroxylation is 2. The lowest BCUT2D eigenvalue weighted by molar-refractivity contribution is -0.138. The van der Waals surface area contributed by atoms with Gasteiger partial charge in [0, 0.05) is 13.5 Å². The Morgan fingerprint density at radius 3 is 2.41 bits per heavy atom. The lowest BCUT2D eigenvalue weighted by atomic mass is 9.91. The van der Waals surface area contributed by atoms with Crippen LogP contribution in [0.25, 0.3) is 0 Å². The monoisotopic (exact) mass is 234 g/mol. The molecule has 0 saturated heterocycles. The van der Waals surface area contributed by atoms with E-state index in [0.717, 1.165) is 5.56 Å². The minimum Gasteiger partial charge on any atom is -0.371 e. The molecular formula is C15H22O2. The molecule has 0 saturated carbocycles. The van der Waals surface area contributed by atoms with Gasteiger partial charge in [-0.2, -0.15) is 0 Å². The lowest BCUT2D eigenvalue weighted by Crippen LogP contribution is -2.37. The van der Waals surface area contributed by atoms with Crippen molar-refractivity contribution in [3.05, 3.63) is 34.9 Å². The molecule has 1 aromatic carbocycles. The topological polar surface area (TPSA) is 26.3 Å². The zero-order valence-corrected chi connectivity index (χ0v) is 11.5. The van der Waals surface area contributed by atoms with Crippen LogP contribution in [0.5, 0.6) is 0 Å². The van der Waals surface area contributed by atoms with Crippen LogP contribution < -0.4 is 0 Å². The minimum absolute atomic E-state index is 0.144. The van der Waals surface area contributed by atoms with Crippen LogP contribution in [0.4, 0.5) is 0 Å². The molecule has 0 fully saturated rings. The maximum Gasteiger partial charge on any atom is 0.168 e. The molecule has 0 aliphatic carbocycles. The maximum atomic E-state index is 12.2. The molecule has 0 N–H and O–H groups in total. The van der Waals surface area contributed by atoms with Gasteiger partial charge in [0.2, 0.25) is 0 Å². The van der Waals surface area contributed by atoms with E-state index in [-0.39, 0.29) is 5.78 Å². The van der Waals surface area contributed by atoms with Crippen molar-refractivity contribution in [2.45, 2.75) is 46.1 Å². The molecule has 17 heavy (non-hydrogen) atoms.